The summed E-state index contributed by atoms with van der Waals surface area (Å²) in [5.41, 5.74) is 1.55. The minimum absolute atomic E-state index is 0.0267. The number of anilines is 2. The molecule has 0 bridgehead atoms. The van der Waals surface area contributed by atoms with Crippen LogP contribution in [0.1, 0.15) is 194 Å². The Balaban J connectivity index is 1.52. The molecule has 2 N–H and O–H groups in total. The maximum Gasteiger partial charge on any atom is 0.279 e. The maximum absolute atomic E-state index is 13.0. The summed E-state index contributed by atoms with van der Waals surface area (Å²) in [5, 5.41) is 6.11. The van der Waals surface area contributed by atoms with E-state index < -0.39 is 0 Å². The van der Waals surface area contributed by atoms with Crippen LogP contribution in [-0.2, 0) is 9.59 Å². The molecular weight excluding hydrogens is 769 g/mol. The van der Waals surface area contributed by atoms with Crippen molar-refractivity contribution in [2.24, 2.45) is 0 Å². The number of hydrogen-bond donors (Lipinski definition) is 2. The van der Waals surface area contributed by atoms with E-state index in [0.29, 0.717) is 22.1 Å². The van der Waals surface area contributed by atoms with Crippen LogP contribution in [0.2, 0.25) is 0 Å². The molecule has 2 rings (SSSR count). The first kappa shape index (κ1) is 55.0. The fourth-order valence-electron chi connectivity index (χ4n) is 8.12. The van der Waals surface area contributed by atoms with Crippen LogP contribution < -0.4 is 20.1 Å². The Morgan fingerprint density at radius 1 is 0.387 bits per heavy atom. The van der Waals surface area contributed by atoms with Crippen LogP contribution >= 0.6 is 0 Å². The highest BCUT2D eigenvalue weighted by Gasteiger charge is 2.27. The van der Waals surface area contributed by atoms with Crippen molar-refractivity contribution >= 4 is 23.2 Å². The average molecular weight is 865 g/mol. The molecule has 2 amide bonds. The van der Waals surface area contributed by atoms with Gasteiger partial charge in [-0.15, -0.1) is 0 Å². The molecule has 0 saturated heterocycles. The molecule has 0 aromatic heterocycles. The normalized spacial score (nSPS) is 11.8. The van der Waals surface area contributed by atoms with Crippen molar-refractivity contribution in [1.29, 1.82) is 0 Å². The van der Waals surface area contributed by atoms with Gasteiger partial charge in [0.05, 0.1) is 41.4 Å². The lowest BCUT2D eigenvalue weighted by molar-refractivity contribution is -0.938. The van der Waals surface area contributed by atoms with Gasteiger partial charge >= 0.3 is 0 Å². The molecule has 0 atom stereocenters. The lowest BCUT2D eigenvalue weighted by Gasteiger charge is -2.34. The number of likely N-dealkylation sites (N-methyl/N-ethyl adjacent to an activating group) is 2. The number of nitrogens with zero attached hydrogens (tertiary/aromatic N) is 2. The molecule has 8 nitrogen and oxygen atoms in total. The number of carbonyl (C=O) groups excluding carboxylic acids is 2. The third-order valence-electron chi connectivity index (χ3n) is 12.3. The molecular formula is C54H96N4O4+2. The lowest BCUT2D eigenvalue weighted by atomic mass is 10.0. The number of amides is 2. The summed E-state index contributed by atoms with van der Waals surface area (Å²) in [6.45, 7) is 8.22. The van der Waals surface area contributed by atoms with Crippen molar-refractivity contribution in [3.63, 3.8) is 0 Å². The van der Waals surface area contributed by atoms with E-state index in [4.69, 9.17) is 9.47 Å². The van der Waals surface area contributed by atoms with Crippen LogP contribution in [0.4, 0.5) is 11.4 Å². The average Bonchev–Trinajstić information content (AvgIpc) is 3.23. The molecule has 0 spiro atoms. The second-order valence-electron chi connectivity index (χ2n) is 19.7. The van der Waals surface area contributed by atoms with Crippen molar-refractivity contribution in [3.8, 4) is 11.5 Å². The van der Waals surface area contributed by atoms with E-state index in [2.05, 4.69) is 52.7 Å². The summed E-state index contributed by atoms with van der Waals surface area (Å²) in [6.07, 6.45) is 37.8. The van der Waals surface area contributed by atoms with Gasteiger partial charge in [0.25, 0.3) is 11.8 Å². The third-order valence-corrected chi connectivity index (χ3v) is 12.3. The highest BCUT2D eigenvalue weighted by Crippen LogP contribution is 2.20. The molecule has 62 heavy (non-hydrogen) atoms. The van der Waals surface area contributed by atoms with Crippen LogP contribution in [0.15, 0.2) is 48.5 Å². The number of hydrogen-bond acceptors (Lipinski definition) is 4. The predicted molar refractivity (Wildman–Crippen MR) is 265 cm³/mol. The molecule has 2 aromatic carbocycles. The zero-order valence-electron chi connectivity index (χ0n) is 41.2. The predicted octanol–water partition coefficient (Wildman–Crippen LogP) is 14.1. The Labute approximate surface area is 381 Å². The zero-order chi connectivity index (χ0) is 45.0. The number of rotatable bonds is 41. The Bertz CT molecular complexity index is 1270. The Kier molecular flexibility index (Phi) is 31.3. The fourth-order valence-corrected chi connectivity index (χ4v) is 8.12. The smallest absolute Gasteiger partial charge is 0.279 e. The van der Waals surface area contributed by atoms with Gasteiger partial charge in [0.2, 0.25) is 0 Å². The van der Waals surface area contributed by atoms with Crippen molar-refractivity contribution in [2.75, 3.05) is 78.2 Å². The van der Waals surface area contributed by atoms with Crippen molar-refractivity contribution in [1.82, 2.24) is 0 Å². The number of ether oxygens (including phenoxy) is 2. The first-order valence-electron chi connectivity index (χ1n) is 25.7. The summed E-state index contributed by atoms with van der Waals surface area (Å²) in [5.74, 6) is 1.63. The summed E-state index contributed by atoms with van der Waals surface area (Å²) in [7, 11) is 8.27. The monoisotopic (exact) mass is 865 g/mol. The number of carbonyl (C=O) groups is 2. The first-order chi connectivity index (χ1) is 30.0. The molecule has 0 fully saturated rings. The topological polar surface area (TPSA) is 76.7 Å². The van der Waals surface area contributed by atoms with Crippen LogP contribution in [0, 0.1) is 0 Å². The summed E-state index contributed by atoms with van der Waals surface area (Å²) >= 11 is 0. The van der Waals surface area contributed by atoms with Gasteiger partial charge in [0.1, 0.15) is 24.6 Å². The first-order valence-corrected chi connectivity index (χ1v) is 25.7. The van der Waals surface area contributed by atoms with Crippen molar-refractivity contribution in [3.05, 3.63) is 48.5 Å². The van der Waals surface area contributed by atoms with E-state index in [-0.39, 0.29) is 11.8 Å². The SMILES string of the molecule is CCCCCCCCCCCCCCCCOc1ccc(NC(=O)C[N+](C)(C)CC[N+](C)(C)CC(=O)Nc2ccc(OCCCCCCCCCCCCCCCC)cc2)cc1. The van der Waals surface area contributed by atoms with Crippen molar-refractivity contribution < 1.29 is 28.0 Å². The van der Waals surface area contributed by atoms with E-state index in [1.165, 1.54) is 167 Å². The molecule has 2 aromatic rings. The van der Waals surface area contributed by atoms with E-state index in [9.17, 15) is 9.59 Å². The zero-order valence-corrected chi connectivity index (χ0v) is 41.2. The molecule has 0 radical (unpaired) electrons. The van der Waals surface area contributed by atoms with Crippen LogP contribution in [0.3, 0.4) is 0 Å². The van der Waals surface area contributed by atoms with Gasteiger partial charge < -0.3 is 29.1 Å². The van der Waals surface area contributed by atoms with Crippen LogP contribution in [0.5, 0.6) is 11.5 Å². The van der Waals surface area contributed by atoms with Gasteiger partial charge in [0.15, 0.2) is 13.1 Å². The molecule has 8 heteroatoms. The van der Waals surface area contributed by atoms with Gasteiger partial charge in [-0.3, -0.25) is 9.59 Å². The van der Waals surface area contributed by atoms with Crippen molar-refractivity contribution in [2.45, 2.75) is 194 Å². The van der Waals surface area contributed by atoms with E-state index in [1.54, 1.807) is 0 Å². The number of quaternary nitrogens is 2. The molecule has 0 aliphatic rings. The number of unbranched alkanes of at least 4 members (excludes halogenated alkanes) is 26. The standard InChI is InChI=1S/C54H94N4O4/c1-7-9-11-13-15-17-19-21-23-25-27-29-31-33-45-61-51-39-35-49(36-40-51)55-53(59)47-57(3,4)43-44-58(5,6)48-54(60)56-50-37-41-52(42-38-50)62-46-34-32-30-28-26-24-22-20-18-16-14-12-10-8-2/h35-42H,7-34,43-48H2,1-6H3/p+2. The summed E-state index contributed by atoms with van der Waals surface area (Å²) in [6, 6.07) is 15.4. The summed E-state index contributed by atoms with van der Waals surface area (Å²) < 4.78 is 13.0. The second kappa shape index (κ2) is 35.3. The molecule has 0 saturated carbocycles. The second-order valence-corrected chi connectivity index (χ2v) is 19.7. The minimum atomic E-state index is -0.0267. The van der Waals surface area contributed by atoms with Crippen LogP contribution in [0.25, 0.3) is 0 Å². The number of nitrogens with one attached hydrogen (secondary N) is 2. The molecule has 0 heterocycles. The molecule has 0 aliphatic heterocycles. The highest BCUT2D eigenvalue weighted by molar-refractivity contribution is 5.92. The van der Waals surface area contributed by atoms with Crippen LogP contribution in [-0.4, -0.2) is 88.4 Å². The van der Waals surface area contributed by atoms with E-state index in [1.807, 2.05) is 48.5 Å². The Hall–Kier alpha value is -3.10. The van der Waals surface area contributed by atoms with Gasteiger partial charge in [-0.05, 0) is 61.4 Å². The fraction of sp³-hybridized carbons (Fsp3) is 0.741. The van der Waals surface area contributed by atoms with Gasteiger partial charge in [0, 0.05) is 11.4 Å². The van der Waals surface area contributed by atoms with Gasteiger partial charge in [-0.1, -0.05) is 181 Å². The highest BCUT2D eigenvalue weighted by atomic mass is 16.5. The minimum Gasteiger partial charge on any atom is -0.494 e. The lowest BCUT2D eigenvalue weighted by Crippen LogP contribution is -2.54. The maximum atomic E-state index is 13.0. The largest absolute Gasteiger partial charge is 0.494 e. The Morgan fingerprint density at radius 2 is 0.629 bits per heavy atom. The molecule has 354 valence electrons. The van der Waals surface area contributed by atoms with Gasteiger partial charge in [-0.2, -0.15) is 0 Å². The van der Waals surface area contributed by atoms with E-state index >= 15 is 0 Å². The van der Waals surface area contributed by atoms with Gasteiger partial charge in [-0.25, -0.2) is 0 Å². The Morgan fingerprint density at radius 3 is 0.887 bits per heavy atom. The molecule has 0 aliphatic carbocycles. The number of benzene rings is 2. The molecule has 0 unspecified atom stereocenters. The summed E-state index contributed by atoms with van der Waals surface area (Å²) in [4.78, 5) is 26.0. The van der Waals surface area contributed by atoms with E-state index in [0.717, 1.165) is 62.0 Å². The quantitative estimate of drug-likeness (QED) is 0.0516. The third kappa shape index (κ3) is 30.9.